The van der Waals surface area contributed by atoms with Crippen molar-refractivity contribution in [3.05, 3.63) is 102 Å². The molecule has 1 heterocycles. The number of nitrogens with zero attached hydrogens (tertiary/aromatic N) is 2. The summed E-state index contributed by atoms with van der Waals surface area (Å²) in [6.45, 7) is 0. The van der Waals surface area contributed by atoms with Crippen LogP contribution >= 0.6 is 0 Å². The van der Waals surface area contributed by atoms with E-state index in [0.717, 1.165) is 16.9 Å². The third kappa shape index (κ3) is 2.96. The fourth-order valence-electron chi connectivity index (χ4n) is 3.02. The van der Waals surface area contributed by atoms with Gasteiger partial charge in [0.1, 0.15) is 0 Å². The van der Waals surface area contributed by atoms with Crippen molar-refractivity contribution in [2.75, 3.05) is 0 Å². The highest BCUT2D eigenvalue weighted by Crippen LogP contribution is 2.23. The normalized spacial score (nSPS) is 11.4. The van der Waals surface area contributed by atoms with Crippen LogP contribution in [0.3, 0.4) is 0 Å². The Kier molecular flexibility index (Phi) is 3.90. The van der Waals surface area contributed by atoms with E-state index in [0.29, 0.717) is 5.57 Å². The molecule has 0 saturated carbocycles. The molecule has 118 valence electrons. The third-order valence-electron chi connectivity index (χ3n) is 4.29. The average molecular weight is 320 g/mol. The Hall–Kier alpha value is -3.57. The molecule has 25 heavy (non-hydrogen) atoms. The molecule has 0 atom stereocenters. The zero-order chi connectivity index (χ0) is 17.1. The number of benzene rings is 3. The predicted molar refractivity (Wildman–Crippen MR) is 103 cm³/mol. The molecule has 4 rings (SSSR count). The predicted octanol–water partition coefficient (Wildman–Crippen LogP) is 5.69. The molecule has 4 aromatic rings. The van der Waals surface area contributed by atoms with Crippen molar-refractivity contribution in [2.24, 2.45) is 0 Å². The average Bonchev–Trinajstić information content (AvgIpc) is 3.14. The maximum atomic E-state index is 9.55. The van der Waals surface area contributed by atoms with E-state index in [9.17, 15) is 5.26 Å². The van der Waals surface area contributed by atoms with Gasteiger partial charge in [-0.25, -0.2) is 0 Å². The van der Waals surface area contributed by atoms with Crippen LogP contribution in [-0.2, 0) is 0 Å². The van der Waals surface area contributed by atoms with E-state index in [1.807, 2.05) is 66.9 Å². The molecule has 0 bridgehead atoms. The fourth-order valence-corrected chi connectivity index (χ4v) is 3.02. The van der Waals surface area contributed by atoms with Crippen LogP contribution in [-0.4, -0.2) is 4.57 Å². The Bertz CT molecular complexity index is 1100. The molecular weight excluding hydrogens is 304 g/mol. The lowest BCUT2D eigenvalue weighted by Gasteiger charge is -2.09. The molecule has 0 radical (unpaired) electrons. The molecular formula is C23H16N2. The lowest BCUT2D eigenvalue weighted by molar-refractivity contribution is 1.07. The van der Waals surface area contributed by atoms with Crippen LogP contribution in [0.2, 0.25) is 0 Å². The summed E-state index contributed by atoms with van der Waals surface area (Å²) < 4.78 is 2.10. The summed E-state index contributed by atoms with van der Waals surface area (Å²) in [5, 5.41) is 12.0. The molecule has 0 aliphatic rings. The minimum atomic E-state index is 0.654. The maximum Gasteiger partial charge on any atom is 0.0998 e. The standard InChI is InChI=1S/C23H16N2/c24-17-21(18-7-2-1-3-8-18)16-22-11-6-14-25(22)23-13-12-19-9-4-5-10-20(19)15-23/h1-16H/b21-16+. The smallest absolute Gasteiger partial charge is 0.0998 e. The first-order valence-electron chi connectivity index (χ1n) is 8.19. The van der Waals surface area contributed by atoms with Crippen LogP contribution in [0.4, 0.5) is 0 Å². The monoisotopic (exact) mass is 320 g/mol. The second-order valence-corrected chi connectivity index (χ2v) is 5.87. The van der Waals surface area contributed by atoms with Gasteiger partial charge in [-0.1, -0.05) is 60.7 Å². The summed E-state index contributed by atoms with van der Waals surface area (Å²) in [5.41, 5.74) is 3.65. The summed E-state index contributed by atoms with van der Waals surface area (Å²) in [4.78, 5) is 0. The molecule has 2 heteroatoms. The molecule has 1 aromatic heterocycles. The number of hydrogen-bond acceptors (Lipinski definition) is 1. The third-order valence-corrected chi connectivity index (χ3v) is 4.29. The van der Waals surface area contributed by atoms with Crippen molar-refractivity contribution in [1.29, 1.82) is 5.26 Å². The van der Waals surface area contributed by atoms with Gasteiger partial charge in [-0.05, 0) is 46.7 Å². The highest BCUT2D eigenvalue weighted by Gasteiger charge is 2.06. The molecule has 0 aliphatic heterocycles. The molecule has 0 amide bonds. The van der Waals surface area contributed by atoms with Gasteiger partial charge in [0, 0.05) is 17.6 Å². The van der Waals surface area contributed by atoms with Gasteiger partial charge in [0.15, 0.2) is 0 Å². The van der Waals surface area contributed by atoms with Gasteiger partial charge in [-0.2, -0.15) is 5.26 Å². The SMILES string of the molecule is N#C/C(=C\c1cccn1-c1ccc2ccccc2c1)c1ccccc1. The van der Waals surface area contributed by atoms with Crippen molar-refractivity contribution in [3.8, 4) is 11.8 Å². The van der Waals surface area contributed by atoms with E-state index in [-0.39, 0.29) is 0 Å². The molecule has 2 nitrogen and oxygen atoms in total. The summed E-state index contributed by atoms with van der Waals surface area (Å²) in [7, 11) is 0. The molecule has 0 saturated heterocycles. The van der Waals surface area contributed by atoms with Crippen molar-refractivity contribution in [2.45, 2.75) is 0 Å². The molecule has 0 fully saturated rings. The highest BCUT2D eigenvalue weighted by molar-refractivity contribution is 5.89. The summed E-state index contributed by atoms with van der Waals surface area (Å²) in [6, 6.07) is 30.8. The molecule has 3 aromatic carbocycles. The minimum absolute atomic E-state index is 0.654. The van der Waals surface area contributed by atoms with Gasteiger partial charge in [0.25, 0.3) is 0 Å². The van der Waals surface area contributed by atoms with Crippen LogP contribution in [0, 0.1) is 11.3 Å². The van der Waals surface area contributed by atoms with Gasteiger partial charge >= 0.3 is 0 Å². The number of fused-ring (bicyclic) bond motifs is 1. The summed E-state index contributed by atoms with van der Waals surface area (Å²) in [6.07, 6.45) is 3.96. The summed E-state index contributed by atoms with van der Waals surface area (Å²) in [5.74, 6) is 0. The lowest BCUT2D eigenvalue weighted by atomic mass is 10.1. The maximum absolute atomic E-state index is 9.55. The molecule has 0 unspecified atom stereocenters. The van der Waals surface area contributed by atoms with E-state index < -0.39 is 0 Å². The largest absolute Gasteiger partial charge is 0.317 e. The number of aromatic nitrogens is 1. The Morgan fingerprint density at radius 3 is 2.36 bits per heavy atom. The highest BCUT2D eigenvalue weighted by atomic mass is 15.0. The van der Waals surface area contributed by atoms with Gasteiger partial charge in [-0.15, -0.1) is 0 Å². The van der Waals surface area contributed by atoms with E-state index in [4.69, 9.17) is 0 Å². The Morgan fingerprint density at radius 2 is 1.56 bits per heavy atom. The minimum Gasteiger partial charge on any atom is -0.317 e. The lowest BCUT2D eigenvalue weighted by Crippen LogP contribution is -1.95. The van der Waals surface area contributed by atoms with E-state index in [2.05, 4.69) is 41.0 Å². The van der Waals surface area contributed by atoms with Gasteiger partial charge in [0.05, 0.1) is 11.6 Å². The van der Waals surface area contributed by atoms with Crippen LogP contribution < -0.4 is 0 Å². The van der Waals surface area contributed by atoms with Crippen LogP contribution in [0.5, 0.6) is 0 Å². The van der Waals surface area contributed by atoms with Crippen molar-refractivity contribution < 1.29 is 0 Å². The quantitative estimate of drug-likeness (QED) is 0.445. The zero-order valence-corrected chi connectivity index (χ0v) is 13.6. The van der Waals surface area contributed by atoms with Crippen molar-refractivity contribution in [3.63, 3.8) is 0 Å². The fraction of sp³-hybridized carbons (Fsp3) is 0. The molecule has 0 spiro atoms. The first kappa shape index (κ1) is 15.0. The van der Waals surface area contributed by atoms with Crippen LogP contribution in [0.1, 0.15) is 11.3 Å². The summed E-state index contributed by atoms with van der Waals surface area (Å²) >= 11 is 0. The number of allylic oxidation sites excluding steroid dienone is 1. The van der Waals surface area contributed by atoms with Gasteiger partial charge in [-0.3, -0.25) is 0 Å². The first-order valence-corrected chi connectivity index (χ1v) is 8.19. The number of rotatable bonds is 3. The number of hydrogen-bond donors (Lipinski definition) is 0. The Labute approximate surface area is 146 Å². The van der Waals surface area contributed by atoms with E-state index in [1.165, 1.54) is 10.8 Å². The van der Waals surface area contributed by atoms with Gasteiger partial charge < -0.3 is 4.57 Å². The number of nitriles is 1. The molecule has 0 aliphatic carbocycles. The first-order chi connectivity index (χ1) is 12.3. The second kappa shape index (κ2) is 6.51. The van der Waals surface area contributed by atoms with Crippen LogP contribution in [0.15, 0.2) is 91.1 Å². The topological polar surface area (TPSA) is 28.7 Å². The van der Waals surface area contributed by atoms with E-state index >= 15 is 0 Å². The van der Waals surface area contributed by atoms with Crippen LogP contribution in [0.25, 0.3) is 28.1 Å². The Morgan fingerprint density at radius 1 is 0.800 bits per heavy atom. The van der Waals surface area contributed by atoms with Crippen molar-refractivity contribution in [1.82, 2.24) is 4.57 Å². The molecule has 0 N–H and O–H groups in total. The van der Waals surface area contributed by atoms with E-state index in [1.54, 1.807) is 0 Å². The Balaban J connectivity index is 1.80. The van der Waals surface area contributed by atoms with Crippen molar-refractivity contribution >= 4 is 22.4 Å². The zero-order valence-electron chi connectivity index (χ0n) is 13.6. The van der Waals surface area contributed by atoms with Gasteiger partial charge in [0.2, 0.25) is 0 Å². The second-order valence-electron chi connectivity index (χ2n) is 5.87.